The molecule has 5 nitrogen and oxygen atoms in total. The number of carbonyl (C=O) groups excluding carboxylic acids is 1. The zero-order chi connectivity index (χ0) is 19.2. The molecule has 0 aliphatic carbocycles. The summed E-state index contributed by atoms with van der Waals surface area (Å²) in [4.78, 5) is 12.2. The van der Waals surface area contributed by atoms with Gasteiger partial charge >= 0.3 is 0 Å². The summed E-state index contributed by atoms with van der Waals surface area (Å²) in [5, 5.41) is 2.89. The second-order valence-corrected chi connectivity index (χ2v) is 6.70. The Morgan fingerprint density at radius 3 is 2.67 bits per heavy atom. The van der Waals surface area contributed by atoms with Crippen LogP contribution in [0.1, 0.15) is 37.5 Å². The molecule has 144 valence electrons. The fourth-order valence-electron chi connectivity index (χ4n) is 3.12. The quantitative estimate of drug-likeness (QED) is 0.771. The number of nitrogens with one attached hydrogen (secondary N) is 1. The van der Waals surface area contributed by atoms with Gasteiger partial charge in [0, 0.05) is 24.1 Å². The molecule has 0 fully saturated rings. The van der Waals surface area contributed by atoms with Crippen molar-refractivity contribution in [2.24, 2.45) is 0 Å². The molecule has 1 heterocycles. The molecule has 2 aromatic rings. The van der Waals surface area contributed by atoms with Gasteiger partial charge in [-0.15, -0.1) is 0 Å². The highest BCUT2D eigenvalue weighted by molar-refractivity contribution is 5.77. The smallest absolute Gasteiger partial charge is 0.258 e. The van der Waals surface area contributed by atoms with Crippen molar-refractivity contribution >= 4 is 5.91 Å². The van der Waals surface area contributed by atoms with E-state index in [0.717, 1.165) is 35.5 Å². The second kappa shape index (κ2) is 8.80. The Labute approximate surface area is 160 Å². The van der Waals surface area contributed by atoms with E-state index in [1.54, 1.807) is 0 Å². The first-order valence-corrected chi connectivity index (χ1v) is 9.52. The minimum Gasteiger partial charge on any atom is -0.494 e. The van der Waals surface area contributed by atoms with Crippen molar-refractivity contribution in [3.8, 4) is 17.2 Å². The lowest BCUT2D eigenvalue weighted by Crippen LogP contribution is -2.28. The third kappa shape index (κ3) is 4.94. The van der Waals surface area contributed by atoms with Crippen LogP contribution in [0, 0.1) is 0 Å². The van der Waals surface area contributed by atoms with Crippen LogP contribution in [-0.2, 0) is 24.2 Å². The van der Waals surface area contributed by atoms with Crippen LogP contribution in [0.3, 0.4) is 0 Å². The van der Waals surface area contributed by atoms with Gasteiger partial charge in [-0.25, -0.2) is 0 Å². The molecule has 0 spiro atoms. The number of amides is 1. The minimum absolute atomic E-state index is 0.0199. The van der Waals surface area contributed by atoms with Crippen LogP contribution >= 0.6 is 0 Å². The van der Waals surface area contributed by atoms with E-state index in [0.29, 0.717) is 18.9 Å². The summed E-state index contributed by atoms with van der Waals surface area (Å²) >= 11 is 0. The molecule has 27 heavy (non-hydrogen) atoms. The highest BCUT2D eigenvalue weighted by atomic mass is 16.5. The van der Waals surface area contributed by atoms with Gasteiger partial charge in [0.1, 0.15) is 23.4 Å². The van der Waals surface area contributed by atoms with Gasteiger partial charge < -0.3 is 19.5 Å². The molecule has 5 heteroatoms. The predicted molar refractivity (Wildman–Crippen MR) is 105 cm³/mol. The van der Waals surface area contributed by atoms with Gasteiger partial charge in [-0.3, -0.25) is 4.79 Å². The van der Waals surface area contributed by atoms with Gasteiger partial charge in [0.05, 0.1) is 6.61 Å². The van der Waals surface area contributed by atoms with Crippen molar-refractivity contribution in [1.82, 2.24) is 5.32 Å². The van der Waals surface area contributed by atoms with Crippen LogP contribution in [0.4, 0.5) is 0 Å². The largest absolute Gasteiger partial charge is 0.494 e. The maximum absolute atomic E-state index is 12.2. The second-order valence-electron chi connectivity index (χ2n) is 6.70. The Kier molecular flexibility index (Phi) is 6.22. The average molecular weight is 369 g/mol. The zero-order valence-electron chi connectivity index (χ0n) is 16.2. The number of hydrogen-bond donors (Lipinski definition) is 1. The maximum Gasteiger partial charge on any atom is 0.258 e. The van der Waals surface area contributed by atoms with Gasteiger partial charge in [-0.05, 0) is 50.1 Å². The van der Waals surface area contributed by atoms with Crippen molar-refractivity contribution in [3.05, 3.63) is 53.1 Å². The number of ether oxygens (including phenoxy) is 3. The van der Waals surface area contributed by atoms with Crippen LogP contribution < -0.4 is 19.5 Å². The Bertz CT molecular complexity index is 786. The van der Waals surface area contributed by atoms with Crippen LogP contribution in [-0.4, -0.2) is 25.2 Å². The number of rotatable bonds is 8. The fourth-order valence-corrected chi connectivity index (χ4v) is 3.12. The lowest BCUT2D eigenvalue weighted by molar-refractivity contribution is -0.123. The summed E-state index contributed by atoms with van der Waals surface area (Å²) in [6.45, 7) is 7.03. The van der Waals surface area contributed by atoms with E-state index < -0.39 is 0 Å². The van der Waals surface area contributed by atoms with E-state index in [9.17, 15) is 4.79 Å². The van der Waals surface area contributed by atoms with E-state index in [1.165, 1.54) is 5.56 Å². The van der Waals surface area contributed by atoms with E-state index in [2.05, 4.69) is 12.2 Å². The van der Waals surface area contributed by atoms with Crippen molar-refractivity contribution in [2.45, 2.75) is 46.3 Å². The third-order valence-electron chi connectivity index (χ3n) is 4.56. The van der Waals surface area contributed by atoms with E-state index in [4.69, 9.17) is 14.2 Å². The van der Waals surface area contributed by atoms with Crippen LogP contribution in [0.25, 0.3) is 0 Å². The molecule has 1 N–H and O–H groups in total. The molecule has 0 saturated carbocycles. The highest BCUT2D eigenvalue weighted by Gasteiger charge is 2.22. The van der Waals surface area contributed by atoms with E-state index >= 15 is 0 Å². The number of hydrogen-bond acceptors (Lipinski definition) is 4. The Balaban J connectivity index is 1.57. The summed E-state index contributed by atoms with van der Waals surface area (Å²) in [5.74, 6) is 2.19. The zero-order valence-corrected chi connectivity index (χ0v) is 16.2. The monoisotopic (exact) mass is 369 g/mol. The topological polar surface area (TPSA) is 56.8 Å². The number of aryl methyl sites for hydroxylation is 1. The average Bonchev–Trinajstić information content (AvgIpc) is 3.04. The standard InChI is InChI=1S/C22H27NO4/c1-4-16-6-8-19(9-7-16)26-14-22(24)23-13-18-12-21-17(10-15(3)27-21)11-20(18)25-5-2/h6-9,11-12,15H,4-5,10,13-14H2,1-3H3,(H,23,24)/t15-/m0/s1. The fraction of sp³-hybridized carbons (Fsp3) is 0.409. The highest BCUT2D eigenvalue weighted by Crippen LogP contribution is 2.35. The van der Waals surface area contributed by atoms with Gasteiger partial charge in [0.15, 0.2) is 6.61 Å². The molecule has 1 atom stereocenters. The van der Waals surface area contributed by atoms with Crippen molar-refractivity contribution in [2.75, 3.05) is 13.2 Å². The molecule has 3 rings (SSSR count). The minimum atomic E-state index is -0.174. The lowest BCUT2D eigenvalue weighted by Gasteiger charge is -2.13. The summed E-state index contributed by atoms with van der Waals surface area (Å²) in [6.07, 6.45) is 2.03. The normalized spacial score (nSPS) is 15.0. The summed E-state index contributed by atoms with van der Waals surface area (Å²) in [5.41, 5.74) is 3.30. The molecule has 0 aromatic heterocycles. The molecule has 1 amide bonds. The summed E-state index contributed by atoms with van der Waals surface area (Å²) in [6, 6.07) is 11.8. The molecular weight excluding hydrogens is 342 g/mol. The molecule has 1 aliphatic heterocycles. The van der Waals surface area contributed by atoms with Gasteiger partial charge in [0.25, 0.3) is 5.91 Å². The van der Waals surface area contributed by atoms with Crippen molar-refractivity contribution < 1.29 is 19.0 Å². The molecule has 0 saturated heterocycles. The molecule has 0 radical (unpaired) electrons. The lowest BCUT2D eigenvalue weighted by atomic mass is 10.1. The maximum atomic E-state index is 12.2. The van der Waals surface area contributed by atoms with Gasteiger partial charge in [-0.2, -0.15) is 0 Å². The van der Waals surface area contributed by atoms with Crippen LogP contribution in [0.2, 0.25) is 0 Å². The number of benzene rings is 2. The predicted octanol–water partition coefficient (Wildman–Crippen LogP) is 3.67. The molecule has 0 bridgehead atoms. The Morgan fingerprint density at radius 1 is 1.19 bits per heavy atom. The first kappa shape index (κ1) is 19.1. The van der Waals surface area contributed by atoms with E-state index in [1.807, 2.05) is 50.2 Å². The molecule has 1 aliphatic rings. The first-order chi connectivity index (χ1) is 13.1. The van der Waals surface area contributed by atoms with Gasteiger partial charge in [-0.1, -0.05) is 19.1 Å². The van der Waals surface area contributed by atoms with Crippen molar-refractivity contribution in [3.63, 3.8) is 0 Å². The number of carbonyl (C=O) groups is 1. The molecule has 0 unspecified atom stereocenters. The first-order valence-electron chi connectivity index (χ1n) is 9.52. The molecular formula is C22H27NO4. The van der Waals surface area contributed by atoms with Crippen LogP contribution in [0.5, 0.6) is 17.2 Å². The van der Waals surface area contributed by atoms with Crippen LogP contribution in [0.15, 0.2) is 36.4 Å². The SMILES string of the molecule is CCOc1cc2c(cc1CNC(=O)COc1ccc(CC)cc1)O[C@@H](C)C2. The summed E-state index contributed by atoms with van der Waals surface area (Å²) in [7, 11) is 0. The summed E-state index contributed by atoms with van der Waals surface area (Å²) < 4.78 is 17.1. The Hall–Kier alpha value is -2.69. The third-order valence-corrected chi connectivity index (χ3v) is 4.56. The Morgan fingerprint density at radius 2 is 1.96 bits per heavy atom. The van der Waals surface area contributed by atoms with Gasteiger partial charge in [0.2, 0.25) is 0 Å². The molecule has 2 aromatic carbocycles. The van der Waals surface area contributed by atoms with Crippen molar-refractivity contribution in [1.29, 1.82) is 0 Å². The van der Waals surface area contributed by atoms with E-state index in [-0.39, 0.29) is 18.6 Å². The number of fused-ring (bicyclic) bond motifs is 1.